The van der Waals surface area contributed by atoms with E-state index in [0.717, 1.165) is 23.9 Å². The molecule has 12 heteroatoms. The molecule has 0 radical (unpaired) electrons. The molecule has 38 heavy (non-hydrogen) atoms. The molecule has 7 nitrogen and oxygen atoms in total. The Morgan fingerprint density at radius 3 is 2.32 bits per heavy atom. The van der Waals surface area contributed by atoms with Gasteiger partial charge in [0.1, 0.15) is 10.6 Å². The van der Waals surface area contributed by atoms with E-state index >= 15 is 0 Å². The monoisotopic (exact) mass is 562 g/mol. The molecule has 0 bridgehead atoms. The smallest absolute Gasteiger partial charge is 0.410 e. The van der Waals surface area contributed by atoms with Gasteiger partial charge in [-0.05, 0) is 62.2 Å². The van der Waals surface area contributed by atoms with E-state index in [4.69, 9.17) is 16.3 Å². The fraction of sp³-hybridized carbons (Fsp3) is 0.192. The minimum absolute atomic E-state index is 0.258. The second kappa shape index (κ2) is 10.7. The molecule has 0 aliphatic carbocycles. The molecule has 0 aliphatic heterocycles. The van der Waals surface area contributed by atoms with Crippen molar-refractivity contribution in [2.45, 2.75) is 37.9 Å². The molecule has 198 valence electrons. The number of ether oxygens (including phenoxy) is 1. The van der Waals surface area contributed by atoms with E-state index in [-0.39, 0.29) is 5.69 Å². The van der Waals surface area contributed by atoms with Gasteiger partial charge in [-0.1, -0.05) is 35.4 Å². The molecule has 0 fully saturated rings. The number of pyridine rings is 3. The topological polar surface area (TPSA) is 94.1 Å². The third-order valence-electron chi connectivity index (χ3n) is 5.50. The molecule has 4 rings (SSSR count). The third kappa shape index (κ3) is 6.12. The number of rotatable bonds is 7. The molecular weight excluding hydrogens is 541 g/mol. The van der Waals surface area contributed by atoms with Crippen LogP contribution in [0.1, 0.15) is 28.4 Å². The Hall–Kier alpha value is -3.54. The molecule has 0 aliphatic rings. The fourth-order valence-electron chi connectivity index (χ4n) is 3.90. The number of alkyl halides is 3. The molecule has 0 saturated heterocycles. The Balaban J connectivity index is 1.85. The first-order valence-electron chi connectivity index (χ1n) is 11.2. The van der Waals surface area contributed by atoms with Crippen molar-refractivity contribution in [3.05, 3.63) is 94.5 Å². The largest absolute Gasteiger partial charge is 0.437 e. The summed E-state index contributed by atoms with van der Waals surface area (Å²) < 4.78 is 76.3. The zero-order chi connectivity index (χ0) is 27.7. The summed E-state index contributed by atoms with van der Waals surface area (Å²) in [5, 5.41) is 0.318. The predicted octanol–water partition coefficient (Wildman–Crippen LogP) is 6.49. The molecule has 1 unspecified atom stereocenters. The van der Waals surface area contributed by atoms with Crippen LogP contribution in [0.25, 0.3) is 11.3 Å². The third-order valence-corrected chi connectivity index (χ3v) is 7.15. The van der Waals surface area contributed by atoms with E-state index in [2.05, 4.69) is 15.0 Å². The predicted molar refractivity (Wildman–Crippen MR) is 137 cm³/mol. The van der Waals surface area contributed by atoms with E-state index in [9.17, 15) is 21.6 Å². The number of sulfonamides is 1. The van der Waals surface area contributed by atoms with E-state index in [1.165, 1.54) is 30.6 Å². The lowest BCUT2D eigenvalue weighted by molar-refractivity contribution is -0.153. The van der Waals surface area contributed by atoms with Gasteiger partial charge in [0.2, 0.25) is 15.9 Å². The molecule has 0 saturated carbocycles. The average molecular weight is 563 g/mol. The first-order chi connectivity index (χ1) is 17.8. The maximum Gasteiger partial charge on any atom is 0.410 e. The van der Waals surface area contributed by atoms with Crippen molar-refractivity contribution in [1.82, 2.24) is 19.7 Å². The summed E-state index contributed by atoms with van der Waals surface area (Å²) in [4.78, 5) is 11.5. The number of aromatic nitrogens is 3. The quantitative estimate of drug-likeness (QED) is 0.277. The summed E-state index contributed by atoms with van der Waals surface area (Å²) in [7, 11) is -4.82. The summed E-state index contributed by atoms with van der Waals surface area (Å²) in [6.45, 7) is 5.43. The van der Waals surface area contributed by atoms with Crippen molar-refractivity contribution in [3.8, 4) is 22.9 Å². The zero-order valence-electron chi connectivity index (χ0n) is 20.4. The van der Waals surface area contributed by atoms with E-state index in [1.54, 1.807) is 24.6 Å². The van der Waals surface area contributed by atoms with Gasteiger partial charge < -0.3 is 4.74 Å². The molecule has 3 heterocycles. The van der Waals surface area contributed by atoms with Crippen LogP contribution in [-0.4, -0.2) is 29.5 Å². The first kappa shape index (κ1) is 27.5. The van der Waals surface area contributed by atoms with Crippen LogP contribution < -0.4 is 9.46 Å². The number of hydrogen-bond donors (Lipinski definition) is 1. The second-order valence-corrected chi connectivity index (χ2v) is 10.7. The minimum atomic E-state index is -4.97. The number of halogens is 4. The maximum atomic E-state index is 13.9. The second-order valence-electron chi connectivity index (χ2n) is 8.57. The van der Waals surface area contributed by atoms with Crippen LogP contribution >= 0.6 is 11.6 Å². The SMILES string of the molecule is Cc1cc(C)c(Oc2nc(-c3cncc(Cl)c3)ccc2S(=O)(=O)NC(c2ccccn2)C(F)(F)F)c(C)c1. The highest BCUT2D eigenvalue weighted by Gasteiger charge is 2.45. The number of hydrogen-bond acceptors (Lipinski definition) is 6. The van der Waals surface area contributed by atoms with Gasteiger partial charge >= 0.3 is 6.18 Å². The van der Waals surface area contributed by atoms with Crippen LogP contribution in [0.2, 0.25) is 5.02 Å². The summed E-state index contributed by atoms with van der Waals surface area (Å²) in [6.07, 6.45) is -0.936. The highest BCUT2D eigenvalue weighted by molar-refractivity contribution is 7.89. The highest BCUT2D eigenvalue weighted by Crippen LogP contribution is 2.37. The average Bonchev–Trinajstić information content (AvgIpc) is 2.84. The Morgan fingerprint density at radius 2 is 1.71 bits per heavy atom. The number of nitrogens with zero attached hydrogens (tertiary/aromatic N) is 3. The lowest BCUT2D eigenvalue weighted by atomic mass is 10.1. The van der Waals surface area contributed by atoms with Crippen molar-refractivity contribution in [2.75, 3.05) is 0 Å². The summed E-state index contributed by atoms with van der Waals surface area (Å²) in [5.74, 6) is -0.0787. The van der Waals surface area contributed by atoms with Crippen LogP contribution in [0.4, 0.5) is 13.2 Å². The standard InChI is InChI=1S/C26H22ClF3N4O3S/c1-15-10-16(2)23(17(3)11-15)37-25-22(8-7-20(33-25)18-12-19(27)14-31-13-18)38(35,36)34-24(26(28,29)30)21-6-4-5-9-32-21/h4-14,24,34H,1-3H3. The lowest BCUT2D eigenvalue weighted by Gasteiger charge is -2.22. The fourth-order valence-corrected chi connectivity index (χ4v) is 5.33. The van der Waals surface area contributed by atoms with Gasteiger partial charge in [0.05, 0.1) is 16.4 Å². The van der Waals surface area contributed by atoms with Crippen LogP contribution in [0.15, 0.2) is 72.0 Å². The summed E-state index contributed by atoms with van der Waals surface area (Å²) >= 11 is 6.04. The van der Waals surface area contributed by atoms with Crippen LogP contribution in [0.5, 0.6) is 11.6 Å². The Morgan fingerprint density at radius 1 is 1.00 bits per heavy atom. The van der Waals surface area contributed by atoms with Gasteiger partial charge in [-0.2, -0.15) is 17.9 Å². The van der Waals surface area contributed by atoms with Crippen LogP contribution in [0.3, 0.4) is 0 Å². The summed E-state index contributed by atoms with van der Waals surface area (Å²) in [5.41, 5.74) is 2.55. The van der Waals surface area contributed by atoms with Gasteiger partial charge in [-0.25, -0.2) is 13.4 Å². The van der Waals surface area contributed by atoms with E-state index < -0.39 is 38.7 Å². The van der Waals surface area contributed by atoms with Crippen LogP contribution in [0, 0.1) is 20.8 Å². The zero-order valence-corrected chi connectivity index (χ0v) is 22.0. The van der Waals surface area contributed by atoms with Crippen molar-refractivity contribution < 1.29 is 26.3 Å². The maximum absolute atomic E-state index is 13.9. The van der Waals surface area contributed by atoms with Crippen molar-refractivity contribution in [2.24, 2.45) is 0 Å². The van der Waals surface area contributed by atoms with Gasteiger partial charge in [0.15, 0.2) is 6.04 Å². The number of aryl methyl sites for hydroxylation is 3. The Bertz CT molecular complexity index is 1560. The van der Waals surface area contributed by atoms with Gasteiger partial charge in [0.25, 0.3) is 0 Å². The molecule has 1 aromatic carbocycles. The molecular formula is C26H22ClF3N4O3S. The van der Waals surface area contributed by atoms with Crippen molar-refractivity contribution in [3.63, 3.8) is 0 Å². The molecule has 0 amide bonds. The molecule has 4 aromatic rings. The highest BCUT2D eigenvalue weighted by atomic mass is 35.5. The molecule has 0 spiro atoms. The first-order valence-corrected chi connectivity index (χ1v) is 13.1. The van der Waals surface area contributed by atoms with Crippen molar-refractivity contribution >= 4 is 21.6 Å². The molecule has 3 aromatic heterocycles. The van der Waals surface area contributed by atoms with Gasteiger partial charge in [-0.15, -0.1) is 0 Å². The summed E-state index contributed by atoms with van der Waals surface area (Å²) in [6, 6.07) is 8.96. The van der Waals surface area contributed by atoms with E-state index in [1.807, 2.05) is 19.1 Å². The molecule has 1 N–H and O–H groups in total. The lowest BCUT2D eigenvalue weighted by Crippen LogP contribution is -2.38. The van der Waals surface area contributed by atoms with Crippen molar-refractivity contribution in [1.29, 1.82) is 0 Å². The normalized spacial score (nSPS) is 12.8. The molecule has 1 atom stereocenters. The van der Waals surface area contributed by atoms with Gasteiger partial charge in [-0.3, -0.25) is 9.97 Å². The number of nitrogens with one attached hydrogen (secondary N) is 1. The van der Waals surface area contributed by atoms with E-state index in [0.29, 0.717) is 27.5 Å². The van der Waals surface area contributed by atoms with Crippen LogP contribution in [-0.2, 0) is 10.0 Å². The Labute approximate surface area is 222 Å². The Kier molecular flexibility index (Phi) is 7.73. The minimum Gasteiger partial charge on any atom is -0.437 e. The van der Waals surface area contributed by atoms with Gasteiger partial charge in [0, 0.05) is 24.2 Å². The number of benzene rings is 1.